The Morgan fingerprint density at radius 3 is 2.50 bits per heavy atom. The molecule has 0 saturated heterocycles. The number of nitrogens with zero attached hydrogens (tertiary/aromatic N) is 4. The molecule has 8 nitrogen and oxygen atoms in total. The highest BCUT2D eigenvalue weighted by Crippen LogP contribution is 2.16. The molecule has 142 valence electrons. The molecule has 8 heteroatoms. The largest absolute Gasteiger partial charge is 0.497 e. The maximum absolute atomic E-state index is 5.70. The summed E-state index contributed by atoms with van der Waals surface area (Å²) < 4.78 is 12.8. The van der Waals surface area contributed by atoms with Crippen LogP contribution < -0.4 is 20.1 Å². The first-order valence-electron chi connectivity index (χ1n) is 8.93. The van der Waals surface area contributed by atoms with Crippen LogP contribution in [0.15, 0.2) is 41.9 Å². The highest BCUT2D eigenvalue weighted by atomic mass is 16.5. The number of nitrogens with one attached hydrogen (secondary N) is 2. The van der Waals surface area contributed by atoms with Gasteiger partial charge in [-0.2, -0.15) is 0 Å². The van der Waals surface area contributed by atoms with E-state index >= 15 is 0 Å². The van der Waals surface area contributed by atoms with Crippen LogP contribution in [0.2, 0.25) is 0 Å². The van der Waals surface area contributed by atoms with Gasteiger partial charge in [0.1, 0.15) is 30.8 Å². The Kier molecular flexibility index (Phi) is 8.82. The van der Waals surface area contributed by atoms with Gasteiger partial charge in [-0.1, -0.05) is 0 Å². The van der Waals surface area contributed by atoms with E-state index < -0.39 is 0 Å². The number of hydrogen-bond donors (Lipinski definition) is 2. The highest BCUT2D eigenvalue weighted by molar-refractivity contribution is 5.79. The van der Waals surface area contributed by atoms with Gasteiger partial charge in [-0.15, -0.1) is 10.2 Å². The van der Waals surface area contributed by atoms with E-state index in [1.54, 1.807) is 19.8 Å². The third-order valence-corrected chi connectivity index (χ3v) is 3.63. The predicted octanol–water partition coefficient (Wildman–Crippen LogP) is 1.70. The molecule has 0 atom stereocenters. The first-order chi connectivity index (χ1) is 12.8. The molecule has 26 heavy (non-hydrogen) atoms. The fourth-order valence-electron chi connectivity index (χ4n) is 2.29. The fraction of sp³-hybridized carbons (Fsp3) is 0.500. The first kappa shape index (κ1) is 19.6. The number of aromatic nitrogens is 3. The summed E-state index contributed by atoms with van der Waals surface area (Å²) in [6.45, 7) is 5.81. The lowest BCUT2D eigenvalue weighted by Crippen LogP contribution is -2.39. The molecule has 2 rings (SSSR count). The van der Waals surface area contributed by atoms with E-state index in [1.165, 1.54) is 0 Å². The molecule has 0 saturated carbocycles. The first-order valence-corrected chi connectivity index (χ1v) is 8.93. The van der Waals surface area contributed by atoms with Crippen molar-refractivity contribution in [3.8, 4) is 11.5 Å². The Labute approximate surface area is 154 Å². The fourth-order valence-corrected chi connectivity index (χ4v) is 2.29. The van der Waals surface area contributed by atoms with Crippen molar-refractivity contribution in [2.75, 3.05) is 33.4 Å². The predicted molar refractivity (Wildman–Crippen MR) is 102 cm³/mol. The van der Waals surface area contributed by atoms with Crippen molar-refractivity contribution >= 4 is 5.96 Å². The average molecular weight is 360 g/mol. The molecule has 2 N–H and O–H groups in total. The molecule has 2 aromatic rings. The van der Waals surface area contributed by atoms with Crippen LogP contribution in [0.1, 0.15) is 19.8 Å². The second-order valence-electron chi connectivity index (χ2n) is 5.62. The van der Waals surface area contributed by atoms with Crippen LogP contribution in [0.3, 0.4) is 0 Å². The normalized spacial score (nSPS) is 11.2. The Morgan fingerprint density at radius 2 is 1.81 bits per heavy atom. The average Bonchev–Trinajstić information content (AvgIpc) is 3.18. The lowest BCUT2D eigenvalue weighted by atomic mass is 10.3. The Balaban J connectivity index is 1.62. The van der Waals surface area contributed by atoms with Gasteiger partial charge in [0.15, 0.2) is 5.96 Å². The maximum Gasteiger partial charge on any atom is 0.191 e. The van der Waals surface area contributed by atoms with Crippen LogP contribution in [-0.2, 0) is 6.54 Å². The Morgan fingerprint density at radius 1 is 1.08 bits per heavy atom. The van der Waals surface area contributed by atoms with Crippen molar-refractivity contribution in [2.45, 2.75) is 26.3 Å². The van der Waals surface area contributed by atoms with Gasteiger partial charge in [-0.3, -0.25) is 4.99 Å². The van der Waals surface area contributed by atoms with Gasteiger partial charge < -0.3 is 24.7 Å². The molecule has 0 aliphatic rings. The van der Waals surface area contributed by atoms with Gasteiger partial charge in [0, 0.05) is 19.6 Å². The molecule has 1 aromatic heterocycles. The molecule has 0 spiro atoms. The second-order valence-corrected chi connectivity index (χ2v) is 5.62. The minimum atomic E-state index is 0.560. The molecule has 1 aromatic carbocycles. The summed E-state index contributed by atoms with van der Waals surface area (Å²) in [7, 11) is 1.65. The number of rotatable bonds is 11. The summed E-state index contributed by atoms with van der Waals surface area (Å²) in [5.74, 6) is 2.46. The van der Waals surface area contributed by atoms with Crippen molar-refractivity contribution in [1.82, 2.24) is 25.4 Å². The van der Waals surface area contributed by atoms with Gasteiger partial charge >= 0.3 is 0 Å². The molecular weight excluding hydrogens is 332 g/mol. The summed E-state index contributed by atoms with van der Waals surface area (Å²) in [6, 6.07) is 7.56. The number of ether oxygens (including phenoxy) is 2. The van der Waals surface area contributed by atoms with Gasteiger partial charge in [0.05, 0.1) is 13.7 Å². The lowest BCUT2D eigenvalue weighted by Gasteiger charge is -2.12. The van der Waals surface area contributed by atoms with Crippen molar-refractivity contribution in [2.24, 2.45) is 4.99 Å². The molecule has 0 fully saturated rings. The van der Waals surface area contributed by atoms with E-state index in [0.717, 1.165) is 49.9 Å². The Bertz CT molecular complexity index is 628. The number of methoxy groups -OCH3 is 1. The van der Waals surface area contributed by atoms with Crippen LogP contribution in [-0.4, -0.2) is 54.1 Å². The second kappa shape index (κ2) is 11.7. The number of benzene rings is 1. The van der Waals surface area contributed by atoms with Crippen molar-refractivity contribution in [3.05, 3.63) is 36.9 Å². The van der Waals surface area contributed by atoms with Crippen LogP contribution in [0.4, 0.5) is 0 Å². The van der Waals surface area contributed by atoms with Crippen molar-refractivity contribution < 1.29 is 9.47 Å². The number of unbranched alkanes of at least 4 members (excludes halogenated alkanes) is 1. The lowest BCUT2D eigenvalue weighted by molar-refractivity contribution is 0.321. The number of aliphatic imine (C=N–C) groups is 1. The summed E-state index contributed by atoms with van der Waals surface area (Å²) in [5.41, 5.74) is 0. The standard InChI is InChI=1S/C18H28N6O2/c1-3-19-18(20-10-4-5-12-24-14-22-23-15-24)21-11-13-26-17-8-6-16(25-2)7-9-17/h6-9,14-15H,3-5,10-13H2,1-2H3,(H2,19,20,21). The molecule has 0 aliphatic carbocycles. The van der Waals surface area contributed by atoms with E-state index in [2.05, 4.69) is 32.7 Å². The molecule has 0 amide bonds. The zero-order chi connectivity index (χ0) is 18.5. The van der Waals surface area contributed by atoms with Crippen LogP contribution in [0.25, 0.3) is 0 Å². The van der Waals surface area contributed by atoms with E-state index in [0.29, 0.717) is 13.2 Å². The van der Waals surface area contributed by atoms with Crippen molar-refractivity contribution in [3.63, 3.8) is 0 Å². The van der Waals surface area contributed by atoms with Crippen LogP contribution in [0.5, 0.6) is 11.5 Å². The maximum atomic E-state index is 5.70. The summed E-state index contributed by atoms with van der Waals surface area (Å²) in [6.07, 6.45) is 5.52. The number of aryl methyl sites for hydroxylation is 1. The smallest absolute Gasteiger partial charge is 0.191 e. The number of guanidine groups is 1. The highest BCUT2D eigenvalue weighted by Gasteiger charge is 1.99. The van der Waals surface area contributed by atoms with E-state index in [4.69, 9.17) is 9.47 Å². The number of hydrogen-bond acceptors (Lipinski definition) is 5. The minimum Gasteiger partial charge on any atom is -0.497 e. The zero-order valence-corrected chi connectivity index (χ0v) is 15.5. The van der Waals surface area contributed by atoms with Gasteiger partial charge in [0.2, 0.25) is 0 Å². The summed E-state index contributed by atoms with van der Waals surface area (Å²) in [4.78, 5) is 4.58. The van der Waals surface area contributed by atoms with E-state index in [-0.39, 0.29) is 0 Å². The topological polar surface area (TPSA) is 85.6 Å². The molecule has 0 unspecified atom stereocenters. The third kappa shape index (κ3) is 7.42. The SMILES string of the molecule is CCNC(=NCCCCn1cnnc1)NCCOc1ccc(OC)cc1. The van der Waals surface area contributed by atoms with E-state index in [9.17, 15) is 0 Å². The van der Waals surface area contributed by atoms with Crippen LogP contribution in [0, 0.1) is 0 Å². The van der Waals surface area contributed by atoms with Gasteiger partial charge in [0.25, 0.3) is 0 Å². The monoisotopic (exact) mass is 360 g/mol. The van der Waals surface area contributed by atoms with Crippen molar-refractivity contribution in [1.29, 1.82) is 0 Å². The molecule has 0 radical (unpaired) electrons. The molecule has 0 bridgehead atoms. The quantitative estimate of drug-likeness (QED) is 0.360. The summed E-state index contributed by atoms with van der Waals surface area (Å²) >= 11 is 0. The summed E-state index contributed by atoms with van der Waals surface area (Å²) in [5, 5.41) is 14.1. The molecule has 1 heterocycles. The van der Waals surface area contributed by atoms with Gasteiger partial charge in [-0.05, 0) is 44.0 Å². The van der Waals surface area contributed by atoms with Gasteiger partial charge in [-0.25, -0.2) is 0 Å². The Hall–Kier alpha value is -2.77. The molecule has 0 aliphatic heterocycles. The van der Waals surface area contributed by atoms with Crippen LogP contribution >= 0.6 is 0 Å². The van der Waals surface area contributed by atoms with E-state index in [1.807, 2.05) is 28.8 Å². The minimum absolute atomic E-state index is 0.560. The zero-order valence-electron chi connectivity index (χ0n) is 15.5. The third-order valence-electron chi connectivity index (χ3n) is 3.63. The molecular formula is C18H28N6O2.